The lowest BCUT2D eigenvalue weighted by Gasteiger charge is -2.13. The highest BCUT2D eigenvalue weighted by Gasteiger charge is 2.29. The van der Waals surface area contributed by atoms with Crippen LogP contribution in [0, 0.1) is 0 Å². The van der Waals surface area contributed by atoms with Gasteiger partial charge in [-0.15, -0.1) is 30.7 Å². The van der Waals surface area contributed by atoms with E-state index in [-0.39, 0.29) is 21.4 Å². The van der Waals surface area contributed by atoms with Gasteiger partial charge in [0.1, 0.15) is 52.7 Å². The summed E-state index contributed by atoms with van der Waals surface area (Å²) in [5, 5.41) is 50.3. The smallest absolute Gasteiger partial charge is 0.319 e. The van der Waals surface area contributed by atoms with E-state index in [0.717, 1.165) is 60.0 Å². The third-order valence-electron chi connectivity index (χ3n) is 10.8. The fourth-order valence-corrected chi connectivity index (χ4v) is 12.8. The Morgan fingerprint density at radius 1 is 0.537 bits per heavy atom. The number of para-hydroxylation sites is 1. The molecule has 11 N–H and O–H groups in total. The van der Waals surface area contributed by atoms with Crippen LogP contribution < -0.4 is 10.6 Å². The molecular weight excluding hydrogens is 1260 g/mol. The van der Waals surface area contributed by atoms with Gasteiger partial charge in [0.05, 0.1) is 32.9 Å². The van der Waals surface area contributed by atoms with Crippen molar-refractivity contribution >= 4 is 159 Å². The molecule has 0 radical (unpaired) electrons. The van der Waals surface area contributed by atoms with Gasteiger partial charge in [0.2, 0.25) is 11.0 Å². The van der Waals surface area contributed by atoms with Crippen LogP contribution in [0.15, 0.2) is 145 Å². The van der Waals surface area contributed by atoms with E-state index in [1.54, 1.807) is 0 Å². The number of fused-ring (bicyclic) bond motifs is 3. The number of carbonyl (C=O) groups is 1. The number of azo groups is 3. The number of phenolic OH excluding ortho intramolecular Hbond substituents is 1. The summed E-state index contributed by atoms with van der Waals surface area (Å²) < 4.78 is 241. The first-order valence-corrected chi connectivity index (χ1v) is 32.2. The maximum atomic E-state index is 12.9. The molecule has 35 nitrogen and oxygen atoms in total. The molecule has 0 spiro atoms. The van der Waals surface area contributed by atoms with Crippen molar-refractivity contribution in [1.82, 2.24) is 20.1 Å². The van der Waals surface area contributed by atoms with E-state index in [0.29, 0.717) is 22.9 Å². The zero-order valence-electron chi connectivity index (χ0n) is 39.4. The van der Waals surface area contributed by atoms with Crippen molar-refractivity contribution in [2.75, 3.05) is 17.6 Å². The summed E-state index contributed by atoms with van der Waals surface area (Å²) in [6.45, 7) is -0.682. The second-order valence-electron chi connectivity index (χ2n) is 16.2. The van der Waals surface area contributed by atoms with Crippen LogP contribution in [0.25, 0.3) is 37.4 Å². The summed E-state index contributed by atoms with van der Waals surface area (Å²) in [7, 11) is -36.3. The zero-order valence-corrected chi connectivity index (χ0v) is 46.0. The molecule has 0 bridgehead atoms. The number of hydrogen-bond acceptors (Lipinski definition) is 26. The Morgan fingerprint density at radius 3 is 1.73 bits per heavy atom. The molecule has 0 aliphatic carbocycles. The first-order chi connectivity index (χ1) is 37.8. The molecule has 2 heterocycles. The largest absolute Gasteiger partial charge is 0.505 e. The highest BCUT2D eigenvalue weighted by atomic mass is 32.2. The number of anilines is 1. The van der Waals surface area contributed by atoms with Gasteiger partial charge in [0.15, 0.2) is 11.4 Å². The number of nitrogens with one attached hydrogen (secondary N) is 2. The number of rotatable bonds is 17. The van der Waals surface area contributed by atoms with E-state index >= 15 is 0 Å². The molecule has 432 valence electrons. The van der Waals surface area contributed by atoms with Crippen molar-refractivity contribution < 1.29 is 106 Å². The predicted molar refractivity (Wildman–Crippen MR) is 279 cm³/mol. The van der Waals surface area contributed by atoms with E-state index in [1.165, 1.54) is 12.1 Å². The Balaban J connectivity index is 1.17. The number of aromatic nitrogens is 3. The Bertz CT molecular complexity index is 5010. The molecule has 0 aliphatic rings. The Kier molecular flexibility index (Phi) is 15.7. The van der Waals surface area contributed by atoms with Gasteiger partial charge >= 0.3 is 6.03 Å². The normalized spacial score (nSPS) is 13.4. The van der Waals surface area contributed by atoms with Gasteiger partial charge in [0, 0.05) is 28.1 Å². The monoisotopic (exact) mass is 1290 g/mol. The number of benzene rings is 6. The molecule has 0 fully saturated rings. The van der Waals surface area contributed by atoms with Crippen molar-refractivity contribution in [2.45, 2.75) is 29.4 Å². The van der Waals surface area contributed by atoms with E-state index in [1.807, 2.05) is 0 Å². The fraction of sp³-hybridized carbons (Fsp3) is 0.0513. The van der Waals surface area contributed by atoms with Crippen molar-refractivity contribution in [3.05, 3.63) is 85.1 Å². The quantitative estimate of drug-likeness (QED) is 0.0371. The van der Waals surface area contributed by atoms with Gasteiger partial charge in [-0.3, -0.25) is 31.9 Å². The van der Waals surface area contributed by atoms with E-state index in [9.17, 15) is 101 Å². The van der Waals surface area contributed by atoms with Gasteiger partial charge in [-0.25, -0.2) is 9.78 Å². The average Bonchev–Trinajstić information content (AvgIpc) is 1.97. The van der Waals surface area contributed by atoms with Crippen molar-refractivity contribution in [3.8, 4) is 17.3 Å². The number of hydrogen-bond donors (Lipinski definition) is 11. The third kappa shape index (κ3) is 13.0. The topological polar surface area (TPSA) is 567 Å². The first kappa shape index (κ1) is 60.1. The van der Waals surface area contributed by atoms with Crippen LogP contribution in [0.2, 0.25) is 0 Å². The molecule has 0 saturated heterocycles. The van der Waals surface area contributed by atoms with Crippen LogP contribution in [0.4, 0.5) is 44.1 Å². The zero-order chi connectivity index (χ0) is 60.4. The molecule has 8 rings (SSSR count). The van der Waals surface area contributed by atoms with Crippen molar-refractivity contribution in [1.29, 1.82) is 0 Å². The predicted octanol–water partition coefficient (Wildman–Crippen LogP) is 5.94. The summed E-state index contributed by atoms with van der Waals surface area (Å²) in [5.41, 5.74) is -4.80. The first-order valence-electron chi connectivity index (χ1n) is 21.2. The number of aromatic hydroxyl groups is 2. The molecule has 6 aromatic carbocycles. The number of nitrogens with zero attached hydrogens (tertiary/aromatic N) is 9. The highest BCUT2D eigenvalue weighted by Crippen LogP contribution is 2.45. The van der Waals surface area contributed by atoms with Gasteiger partial charge in [-0.1, -0.05) is 23.5 Å². The number of phenols is 1. The molecule has 0 aliphatic heterocycles. The van der Waals surface area contributed by atoms with Crippen LogP contribution in [-0.4, -0.2) is 134 Å². The number of carbonyl (C=O) groups excluding carboxylic acids is 1. The Hall–Kier alpha value is -8.02. The molecular formula is C39H29N11O24S8. The average molecular weight is 1290 g/mol. The van der Waals surface area contributed by atoms with Crippen LogP contribution >= 0.6 is 11.3 Å². The van der Waals surface area contributed by atoms with Crippen LogP contribution in [0.5, 0.6) is 11.6 Å². The summed E-state index contributed by atoms with van der Waals surface area (Å²) in [6.07, 6.45) is 0.724. The molecule has 8 aromatic rings. The molecule has 43 heteroatoms. The summed E-state index contributed by atoms with van der Waals surface area (Å²) in [5.74, 6) is -2.97. The maximum Gasteiger partial charge on any atom is 0.319 e. The van der Waals surface area contributed by atoms with Crippen LogP contribution in [0.3, 0.4) is 0 Å². The SMILES string of the molecule is O=C(NCCS(=O)(=O)O)Nc1cc(N=Nc2ccc3c(S(=O)(=O)O)c(N=Nc4cnn(-c5cc(S(=O)(=O)O)c6cc(S(=O)(=O)O)cc(S(=O)(=O)O)c6c5)c4O)ccc3c2O)c(S(=O)(=O)O)cc1N=Nc1nc2c(S(=O)(=O)O)cccc2s1. The maximum absolute atomic E-state index is 12.9. The molecule has 0 saturated carbocycles. The summed E-state index contributed by atoms with van der Waals surface area (Å²) in [6, 6.07) is 9.44. The molecule has 0 unspecified atom stereocenters. The summed E-state index contributed by atoms with van der Waals surface area (Å²) in [4.78, 5) is 10.4. The molecule has 0 atom stereocenters. The molecule has 2 amide bonds. The minimum Gasteiger partial charge on any atom is -0.505 e. The van der Waals surface area contributed by atoms with Gasteiger partial charge in [0.25, 0.3) is 70.8 Å². The molecule has 82 heavy (non-hydrogen) atoms. The number of thiazole rings is 1. The van der Waals surface area contributed by atoms with Gasteiger partial charge in [-0.05, 0) is 66.7 Å². The van der Waals surface area contributed by atoms with E-state index < -0.39 is 192 Å². The van der Waals surface area contributed by atoms with Crippen molar-refractivity contribution in [3.63, 3.8) is 0 Å². The third-order valence-corrected chi connectivity index (χ3v) is 17.7. The lowest BCUT2D eigenvalue weighted by Crippen LogP contribution is -2.32. The van der Waals surface area contributed by atoms with Gasteiger partial charge < -0.3 is 20.8 Å². The lowest BCUT2D eigenvalue weighted by atomic mass is 10.1. The second-order valence-corrected chi connectivity index (χ2v) is 27.1. The van der Waals surface area contributed by atoms with Crippen LogP contribution in [0.1, 0.15) is 0 Å². The van der Waals surface area contributed by atoms with Crippen molar-refractivity contribution in [2.24, 2.45) is 30.7 Å². The van der Waals surface area contributed by atoms with Gasteiger partial charge in [-0.2, -0.15) is 68.7 Å². The Morgan fingerprint density at radius 2 is 1.11 bits per heavy atom. The van der Waals surface area contributed by atoms with E-state index in [2.05, 4.69) is 51.4 Å². The second kappa shape index (κ2) is 21.4. The molecule has 2 aromatic heterocycles. The summed E-state index contributed by atoms with van der Waals surface area (Å²) >= 11 is 0.731. The Labute approximate surface area is 462 Å². The lowest BCUT2D eigenvalue weighted by molar-refractivity contribution is 0.252. The fourth-order valence-electron chi connectivity index (χ4n) is 7.38. The highest BCUT2D eigenvalue weighted by molar-refractivity contribution is 7.88. The van der Waals surface area contributed by atoms with E-state index in [4.69, 9.17) is 4.55 Å². The number of urea groups is 1. The minimum atomic E-state index is -5.46. The minimum absolute atomic E-state index is 0.176. The number of amides is 2. The standard InChI is InChI=1S/C39H29N11O24S8/c51-35-19-4-7-24(45-48-28-16-41-50(37(28)52)17-10-21-22(31(11-17)79(63,64)65)12-18(77(57,58)59)13-32(21)80(66,67)68)36(82(72,73)74)20(19)5-6-23(35)44-47-27-14-25(42-38(53)40-8-9-76(54,55)56)26(15-33(27)81(69,70)71)46-49-39-43-34-29(75-39)2-1-3-30(34)78(60,61)62/h1-7,10-16,51-52H,8-9H2,(H2,40,42,53)(H,54,55,56)(H,57,58,59)(H,60,61,62)(H,63,64,65)(H,66,67,68)(H,69,70,71)(H,72,73,74). The van der Waals surface area contributed by atoms with Crippen LogP contribution in [-0.2, 0) is 70.8 Å².